The molecule has 0 bridgehead atoms. The highest BCUT2D eigenvalue weighted by atomic mass is 32.1. The van der Waals surface area contributed by atoms with Crippen LogP contribution in [0.25, 0.3) is 11.0 Å². The first kappa shape index (κ1) is 19.3. The van der Waals surface area contributed by atoms with E-state index < -0.39 is 11.5 Å². The van der Waals surface area contributed by atoms with Crippen molar-refractivity contribution in [1.82, 2.24) is 4.90 Å². The zero-order valence-corrected chi connectivity index (χ0v) is 17.3. The molecule has 0 unspecified atom stereocenters. The highest BCUT2D eigenvalue weighted by Crippen LogP contribution is 2.25. The summed E-state index contributed by atoms with van der Waals surface area (Å²) < 4.78 is 5.26. The third kappa shape index (κ3) is 3.75. The number of anilines is 1. The van der Waals surface area contributed by atoms with Gasteiger partial charge in [0.25, 0.3) is 11.8 Å². The molecule has 0 saturated carbocycles. The first-order valence-electron chi connectivity index (χ1n) is 9.87. The highest BCUT2D eigenvalue weighted by molar-refractivity contribution is 7.12. The summed E-state index contributed by atoms with van der Waals surface area (Å²) in [6, 6.07) is 17.9. The maximum Gasteiger partial charge on any atom is 0.349 e. The van der Waals surface area contributed by atoms with Crippen molar-refractivity contribution in [3.63, 3.8) is 0 Å². The number of nitrogens with zero attached hydrogens (tertiary/aromatic N) is 1. The van der Waals surface area contributed by atoms with Crippen LogP contribution >= 0.6 is 11.3 Å². The maximum absolute atomic E-state index is 12.7. The summed E-state index contributed by atoms with van der Waals surface area (Å²) in [5, 5.41) is 5.36. The van der Waals surface area contributed by atoms with Crippen molar-refractivity contribution in [2.75, 3.05) is 11.9 Å². The van der Waals surface area contributed by atoms with E-state index in [1.54, 1.807) is 18.2 Å². The van der Waals surface area contributed by atoms with Crippen LogP contribution in [0, 0.1) is 0 Å². The fourth-order valence-corrected chi connectivity index (χ4v) is 4.47. The number of benzene rings is 2. The molecule has 2 aromatic heterocycles. The number of fused-ring (bicyclic) bond motifs is 2. The number of hydrogen-bond acceptors (Lipinski definition) is 5. The zero-order chi connectivity index (χ0) is 21.4. The molecule has 6 nitrogen and oxygen atoms in total. The van der Waals surface area contributed by atoms with Crippen LogP contribution in [0.3, 0.4) is 0 Å². The molecule has 0 spiro atoms. The van der Waals surface area contributed by atoms with E-state index in [1.165, 1.54) is 17.4 Å². The van der Waals surface area contributed by atoms with E-state index >= 15 is 0 Å². The van der Waals surface area contributed by atoms with Gasteiger partial charge < -0.3 is 14.6 Å². The Hall–Kier alpha value is -3.71. The van der Waals surface area contributed by atoms with Gasteiger partial charge in [-0.25, -0.2) is 4.79 Å². The lowest BCUT2D eigenvalue weighted by molar-refractivity contribution is 0.0739. The number of carbonyl (C=O) groups is 2. The Morgan fingerprint density at radius 2 is 1.87 bits per heavy atom. The summed E-state index contributed by atoms with van der Waals surface area (Å²) in [5.74, 6) is -0.509. The van der Waals surface area contributed by atoms with Gasteiger partial charge in [0.15, 0.2) is 0 Å². The molecule has 2 amide bonds. The number of amides is 2. The maximum atomic E-state index is 12.7. The standard InChI is InChI=1S/C24H18N2O4S/c27-22(19-13-16-4-1-2-5-20(16)30-24(19)29)25-18-8-7-15-9-10-26(14-17(15)12-18)23(28)21-6-3-11-31-21/h1-8,11-13H,9-10,14H2,(H,25,27). The monoisotopic (exact) mass is 430 g/mol. The summed E-state index contributed by atoms with van der Waals surface area (Å²) in [6.45, 7) is 1.14. The minimum Gasteiger partial charge on any atom is -0.422 e. The minimum absolute atomic E-state index is 0.0175. The molecule has 31 heavy (non-hydrogen) atoms. The van der Waals surface area contributed by atoms with E-state index in [0.29, 0.717) is 29.7 Å². The van der Waals surface area contributed by atoms with Crippen LogP contribution in [-0.2, 0) is 13.0 Å². The van der Waals surface area contributed by atoms with Crippen LogP contribution in [0.5, 0.6) is 0 Å². The van der Waals surface area contributed by atoms with E-state index in [0.717, 1.165) is 22.4 Å². The Morgan fingerprint density at radius 3 is 2.71 bits per heavy atom. The first-order valence-corrected chi connectivity index (χ1v) is 10.8. The molecular weight excluding hydrogens is 412 g/mol. The average molecular weight is 430 g/mol. The van der Waals surface area contributed by atoms with Crippen molar-refractivity contribution in [2.45, 2.75) is 13.0 Å². The SMILES string of the molecule is O=C(Nc1ccc2c(c1)CN(C(=O)c1cccs1)CC2)c1cc2ccccc2oc1=O. The molecule has 0 saturated heterocycles. The molecule has 0 atom stereocenters. The van der Waals surface area contributed by atoms with Gasteiger partial charge in [0, 0.05) is 24.2 Å². The van der Waals surface area contributed by atoms with Crippen LogP contribution in [0.4, 0.5) is 5.69 Å². The third-order valence-corrected chi connectivity index (χ3v) is 6.24. The number of nitrogens with one attached hydrogen (secondary N) is 1. The molecular formula is C24H18N2O4S. The van der Waals surface area contributed by atoms with Crippen molar-refractivity contribution in [3.8, 4) is 0 Å². The minimum atomic E-state index is -0.679. The molecule has 1 aliphatic rings. The van der Waals surface area contributed by atoms with Crippen molar-refractivity contribution < 1.29 is 14.0 Å². The smallest absolute Gasteiger partial charge is 0.349 e. The lowest BCUT2D eigenvalue weighted by atomic mass is 9.98. The van der Waals surface area contributed by atoms with E-state index in [4.69, 9.17) is 4.42 Å². The van der Waals surface area contributed by atoms with Gasteiger partial charge in [-0.2, -0.15) is 0 Å². The zero-order valence-electron chi connectivity index (χ0n) is 16.5. The Balaban J connectivity index is 1.37. The summed E-state index contributed by atoms with van der Waals surface area (Å²) >= 11 is 1.43. The fraction of sp³-hybridized carbons (Fsp3) is 0.125. The molecule has 154 valence electrons. The van der Waals surface area contributed by atoms with Crippen LogP contribution in [0.2, 0.25) is 0 Å². The largest absolute Gasteiger partial charge is 0.422 e. The summed E-state index contributed by atoms with van der Waals surface area (Å²) in [5.41, 5.74) is 2.42. The number of carbonyl (C=O) groups excluding carboxylic acids is 2. The number of thiophene rings is 1. The Labute approximate surface area is 181 Å². The van der Waals surface area contributed by atoms with Crippen LogP contribution < -0.4 is 10.9 Å². The first-order chi connectivity index (χ1) is 15.1. The van der Waals surface area contributed by atoms with E-state index in [9.17, 15) is 14.4 Å². The van der Waals surface area contributed by atoms with Crippen LogP contribution in [0.1, 0.15) is 31.2 Å². The predicted molar refractivity (Wildman–Crippen MR) is 120 cm³/mol. The predicted octanol–water partition coefficient (Wildman–Crippen LogP) is 4.31. The Morgan fingerprint density at radius 1 is 1.00 bits per heavy atom. The highest BCUT2D eigenvalue weighted by Gasteiger charge is 2.23. The molecule has 0 fully saturated rings. The van der Waals surface area contributed by atoms with Gasteiger partial charge in [0.1, 0.15) is 11.1 Å². The van der Waals surface area contributed by atoms with E-state index in [-0.39, 0.29) is 11.5 Å². The summed E-state index contributed by atoms with van der Waals surface area (Å²) in [7, 11) is 0. The molecule has 3 heterocycles. The molecule has 2 aromatic carbocycles. The van der Waals surface area contributed by atoms with Crippen molar-refractivity contribution in [3.05, 3.63) is 98.0 Å². The summed E-state index contributed by atoms with van der Waals surface area (Å²) in [6.07, 6.45) is 0.759. The van der Waals surface area contributed by atoms with Gasteiger partial charge >= 0.3 is 5.63 Å². The van der Waals surface area contributed by atoms with Crippen LogP contribution in [-0.4, -0.2) is 23.3 Å². The van der Waals surface area contributed by atoms with Crippen LogP contribution in [0.15, 0.2) is 75.3 Å². The van der Waals surface area contributed by atoms with Gasteiger partial charge in [0.2, 0.25) is 0 Å². The van der Waals surface area contributed by atoms with E-state index in [1.807, 2.05) is 46.7 Å². The van der Waals surface area contributed by atoms with Crippen molar-refractivity contribution >= 4 is 39.8 Å². The Kier molecular flexibility index (Phi) is 4.88. The lowest BCUT2D eigenvalue weighted by Gasteiger charge is -2.29. The number of para-hydroxylation sites is 1. The molecule has 0 radical (unpaired) electrons. The van der Waals surface area contributed by atoms with Gasteiger partial charge in [-0.05, 0) is 53.3 Å². The van der Waals surface area contributed by atoms with Crippen molar-refractivity contribution in [2.24, 2.45) is 0 Å². The lowest BCUT2D eigenvalue weighted by Crippen LogP contribution is -2.35. The van der Waals surface area contributed by atoms with Gasteiger partial charge in [-0.1, -0.05) is 30.3 Å². The molecule has 1 N–H and O–H groups in total. The fourth-order valence-electron chi connectivity index (χ4n) is 3.78. The second kappa shape index (κ2) is 7.85. The molecule has 1 aliphatic heterocycles. The number of rotatable bonds is 3. The number of hydrogen-bond donors (Lipinski definition) is 1. The average Bonchev–Trinajstić information content (AvgIpc) is 3.32. The van der Waals surface area contributed by atoms with Gasteiger partial charge in [0.05, 0.1) is 4.88 Å². The normalized spacial score (nSPS) is 13.1. The second-order valence-corrected chi connectivity index (χ2v) is 8.32. The van der Waals surface area contributed by atoms with Gasteiger partial charge in [-0.15, -0.1) is 11.3 Å². The second-order valence-electron chi connectivity index (χ2n) is 7.38. The molecule has 7 heteroatoms. The quantitative estimate of drug-likeness (QED) is 0.492. The van der Waals surface area contributed by atoms with Gasteiger partial charge in [-0.3, -0.25) is 9.59 Å². The molecule has 4 aromatic rings. The van der Waals surface area contributed by atoms with E-state index in [2.05, 4.69) is 5.32 Å². The van der Waals surface area contributed by atoms with Crippen molar-refractivity contribution in [1.29, 1.82) is 0 Å². The summed E-state index contributed by atoms with van der Waals surface area (Å²) in [4.78, 5) is 40.2. The molecule has 5 rings (SSSR count). The molecule has 0 aliphatic carbocycles. The third-order valence-electron chi connectivity index (χ3n) is 5.38. The Bertz CT molecular complexity index is 1360. The topological polar surface area (TPSA) is 79.6 Å².